The molecule has 1 rings (SSSR count). The zero-order valence-corrected chi connectivity index (χ0v) is 11.6. The van der Waals surface area contributed by atoms with E-state index in [1.807, 2.05) is 14.1 Å². The number of aromatic nitrogens is 1. The van der Waals surface area contributed by atoms with E-state index in [1.54, 1.807) is 13.1 Å². The lowest BCUT2D eigenvalue weighted by Gasteiger charge is -2.19. The van der Waals surface area contributed by atoms with Crippen molar-refractivity contribution in [2.45, 2.75) is 33.0 Å². The van der Waals surface area contributed by atoms with E-state index in [9.17, 15) is 10.2 Å². The minimum Gasteiger partial charge on any atom is -0.506 e. The van der Waals surface area contributed by atoms with Crippen molar-refractivity contribution < 1.29 is 10.2 Å². The molecule has 0 aliphatic heterocycles. The molecular formula is C13H23N3O2. The van der Waals surface area contributed by atoms with Crippen LogP contribution in [0.2, 0.25) is 0 Å². The highest BCUT2D eigenvalue weighted by Gasteiger charge is 2.12. The van der Waals surface area contributed by atoms with Gasteiger partial charge in [-0.2, -0.15) is 0 Å². The van der Waals surface area contributed by atoms with Crippen LogP contribution in [-0.4, -0.2) is 46.8 Å². The number of aryl methyl sites for hydroxylation is 1. The lowest BCUT2D eigenvalue weighted by Crippen LogP contribution is -2.35. The van der Waals surface area contributed by atoms with E-state index in [0.29, 0.717) is 23.8 Å². The molecule has 102 valence electrons. The van der Waals surface area contributed by atoms with Crippen molar-refractivity contribution in [1.29, 1.82) is 0 Å². The topological polar surface area (TPSA) is 68.6 Å². The van der Waals surface area contributed by atoms with E-state index in [4.69, 9.17) is 0 Å². The van der Waals surface area contributed by atoms with Crippen LogP contribution in [0.4, 0.5) is 0 Å². The summed E-state index contributed by atoms with van der Waals surface area (Å²) in [5.41, 5.74) is 1.99. The number of rotatable bonds is 6. The first-order chi connectivity index (χ1) is 8.45. The van der Waals surface area contributed by atoms with Crippen LogP contribution in [0.5, 0.6) is 5.75 Å². The normalized spacial score (nSPS) is 13.0. The molecule has 1 unspecified atom stereocenters. The number of pyridine rings is 1. The Morgan fingerprint density at radius 2 is 2.11 bits per heavy atom. The molecule has 0 aromatic carbocycles. The van der Waals surface area contributed by atoms with Gasteiger partial charge in [-0.3, -0.25) is 4.98 Å². The minimum atomic E-state index is -0.111. The highest BCUT2D eigenvalue weighted by Crippen LogP contribution is 2.23. The number of hydrogen-bond acceptors (Lipinski definition) is 5. The summed E-state index contributed by atoms with van der Waals surface area (Å²) in [5, 5.41) is 22.6. The van der Waals surface area contributed by atoms with Crippen molar-refractivity contribution >= 4 is 0 Å². The van der Waals surface area contributed by atoms with E-state index >= 15 is 0 Å². The van der Waals surface area contributed by atoms with Gasteiger partial charge in [-0.1, -0.05) is 0 Å². The largest absolute Gasteiger partial charge is 0.506 e. The van der Waals surface area contributed by atoms with E-state index < -0.39 is 0 Å². The molecule has 18 heavy (non-hydrogen) atoms. The molecule has 0 bridgehead atoms. The minimum absolute atomic E-state index is 0.111. The Balaban J connectivity index is 2.74. The zero-order valence-electron chi connectivity index (χ0n) is 11.6. The van der Waals surface area contributed by atoms with Gasteiger partial charge in [0.15, 0.2) is 0 Å². The molecular weight excluding hydrogens is 230 g/mol. The molecule has 0 aliphatic rings. The summed E-state index contributed by atoms with van der Waals surface area (Å²) >= 11 is 0. The summed E-state index contributed by atoms with van der Waals surface area (Å²) in [4.78, 5) is 6.14. The summed E-state index contributed by atoms with van der Waals surface area (Å²) in [6, 6.07) is 0.305. The number of aliphatic hydroxyl groups is 1. The zero-order chi connectivity index (χ0) is 13.7. The van der Waals surface area contributed by atoms with Gasteiger partial charge in [0.05, 0.1) is 12.3 Å². The van der Waals surface area contributed by atoms with Crippen LogP contribution in [0.3, 0.4) is 0 Å². The molecule has 0 saturated heterocycles. The van der Waals surface area contributed by atoms with Crippen LogP contribution in [0.15, 0.2) is 6.20 Å². The van der Waals surface area contributed by atoms with Crippen LogP contribution in [0, 0.1) is 6.92 Å². The Hall–Kier alpha value is -1.17. The first kappa shape index (κ1) is 14.9. The molecule has 0 saturated carbocycles. The average molecular weight is 253 g/mol. The van der Waals surface area contributed by atoms with Gasteiger partial charge in [-0.25, -0.2) is 0 Å². The summed E-state index contributed by atoms with van der Waals surface area (Å²) in [6.45, 7) is 5.17. The molecule has 0 aliphatic carbocycles. The van der Waals surface area contributed by atoms with E-state index in [0.717, 1.165) is 12.1 Å². The number of hydrogen-bond donors (Lipinski definition) is 3. The van der Waals surface area contributed by atoms with Crippen molar-refractivity contribution in [3.63, 3.8) is 0 Å². The molecule has 0 amide bonds. The van der Waals surface area contributed by atoms with Crippen molar-refractivity contribution in [2.24, 2.45) is 0 Å². The Labute approximate surface area is 108 Å². The maximum Gasteiger partial charge on any atom is 0.141 e. The average Bonchev–Trinajstić information content (AvgIpc) is 2.30. The van der Waals surface area contributed by atoms with Crippen LogP contribution in [0.25, 0.3) is 0 Å². The second-order valence-electron chi connectivity index (χ2n) is 4.90. The van der Waals surface area contributed by atoms with E-state index in [2.05, 4.69) is 22.1 Å². The second-order valence-corrected chi connectivity index (χ2v) is 4.90. The quantitative estimate of drug-likeness (QED) is 0.694. The molecule has 3 N–H and O–H groups in total. The van der Waals surface area contributed by atoms with Crippen LogP contribution >= 0.6 is 0 Å². The van der Waals surface area contributed by atoms with Crippen molar-refractivity contribution in [2.75, 3.05) is 20.6 Å². The number of nitrogens with one attached hydrogen (secondary N) is 1. The maximum atomic E-state index is 9.98. The van der Waals surface area contributed by atoms with Crippen LogP contribution in [-0.2, 0) is 13.2 Å². The Morgan fingerprint density at radius 1 is 1.44 bits per heavy atom. The molecule has 0 radical (unpaired) electrons. The molecule has 1 atom stereocenters. The predicted molar refractivity (Wildman–Crippen MR) is 71.4 cm³/mol. The first-order valence-corrected chi connectivity index (χ1v) is 6.11. The SMILES string of the molecule is Cc1ncc(CO)c(CNC(C)CN(C)C)c1O. The lowest BCUT2D eigenvalue weighted by atomic mass is 10.1. The van der Waals surface area contributed by atoms with Crippen LogP contribution < -0.4 is 5.32 Å². The summed E-state index contributed by atoms with van der Waals surface area (Å²) in [7, 11) is 4.04. The van der Waals surface area contributed by atoms with Gasteiger partial charge in [0.25, 0.3) is 0 Å². The fourth-order valence-electron chi connectivity index (χ4n) is 1.91. The smallest absolute Gasteiger partial charge is 0.141 e. The first-order valence-electron chi connectivity index (χ1n) is 6.11. The lowest BCUT2D eigenvalue weighted by molar-refractivity contribution is 0.278. The number of aliphatic hydroxyl groups excluding tert-OH is 1. The van der Waals surface area contributed by atoms with Gasteiger partial charge in [-0.15, -0.1) is 0 Å². The third kappa shape index (κ3) is 3.94. The Bertz CT molecular complexity index is 394. The Morgan fingerprint density at radius 3 is 2.67 bits per heavy atom. The van der Waals surface area contributed by atoms with Gasteiger partial charge >= 0.3 is 0 Å². The third-order valence-electron chi connectivity index (χ3n) is 2.87. The molecule has 5 heteroatoms. The molecule has 1 aromatic rings. The van der Waals surface area contributed by atoms with Gasteiger partial charge in [0.1, 0.15) is 5.75 Å². The van der Waals surface area contributed by atoms with Gasteiger partial charge in [0, 0.05) is 36.5 Å². The summed E-state index contributed by atoms with van der Waals surface area (Å²) in [6.07, 6.45) is 1.61. The number of nitrogens with zero attached hydrogens (tertiary/aromatic N) is 2. The summed E-state index contributed by atoms with van der Waals surface area (Å²) < 4.78 is 0. The predicted octanol–water partition coefficient (Wildman–Crippen LogP) is 0.628. The molecule has 1 heterocycles. The second kappa shape index (κ2) is 6.68. The van der Waals surface area contributed by atoms with Crippen molar-refractivity contribution in [1.82, 2.24) is 15.2 Å². The number of aromatic hydroxyl groups is 1. The van der Waals surface area contributed by atoms with Crippen molar-refractivity contribution in [3.8, 4) is 5.75 Å². The molecule has 5 nitrogen and oxygen atoms in total. The van der Waals surface area contributed by atoms with E-state index in [-0.39, 0.29) is 12.4 Å². The fraction of sp³-hybridized carbons (Fsp3) is 0.615. The molecule has 1 aromatic heterocycles. The van der Waals surface area contributed by atoms with E-state index in [1.165, 1.54) is 0 Å². The highest BCUT2D eigenvalue weighted by atomic mass is 16.3. The van der Waals surface area contributed by atoms with Crippen LogP contribution in [0.1, 0.15) is 23.7 Å². The fourth-order valence-corrected chi connectivity index (χ4v) is 1.91. The monoisotopic (exact) mass is 253 g/mol. The summed E-state index contributed by atoms with van der Waals surface area (Å²) in [5.74, 6) is 0.172. The van der Waals surface area contributed by atoms with Crippen molar-refractivity contribution in [3.05, 3.63) is 23.0 Å². The van der Waals surface area contributed by atoms with Gasteiger partial charge in [-0.05, 0) is 27.9 Å². The third-order valence-corrected chi connectivity index (χ3v) is 2.87. The molecule has 0 fully saturated rings. The standard InChI is InChI=1S/C13H23N3O2/c1-9(7-16(3)4)14-6-12-11(8-17)5-15-10(2)13(12)18/h5,9,14,17-18H,6-8H2,1-4H3. The maximum absolute atomic E-state index is 9.98. The van der Waals surface area contributed by atoms with Gasteiger partial charge < -0.3 is 20.4 Å². The number of likely N-dealkylation sites (N-methyl/N-ethyl adjacent to an activating group) is 1. The molecule has 0 spiro atoms. The Kier molecular flexibility index (Phi) is 5.53. The van der Waals surface area contributed by atoms with Gasteiger partial charge in [0.2, 0.25) is 0 Å². The highest BCUT2D eigenvalue weighted by molar-refractivity contribution is 5.40.